The second kappa shape index (κ2) is 11.0. The number of nitrogens with one attached hydrogen (secondary N) is 2. The molecule has 0 spiro atoms. The second-order valence-corrected chi connectivity index (χ2v) is 7.42. The van der Waals surface area contributed by atoms with E-state index in [1.54, 1.807) is 48.5 Å². The zero-order valence-corrected chi connectivity index (χ0v) is 18.6. The zero-order valence-electron chi connectivity index (χ0n) is 17.0. The highest BCUT2D eigenvalue weighted by Crippen LogP contribution is 2.31. The number of benzene rings is 3. The average Bonchev–Trinajstić information content (AvgIpc) is 2.78. The summed E-state index contributed by atoms with van der Waals surface area (Å²) in [6, 6.07) is 18.4. The standard InChI is InChI=1S/C23H20BrN3O5/c1-31-20-7-2-4-17(13-25-27-23(30)26-19-6-3-5-18(24)12-19)21(20)32-14-15-8-10-16(11-9-15)22(28)29/h2-13H,14H2,1H3,(H,28,29)(H2,26,27,30)/b25-13+. The number of rotatable bonds is 8. The van der Waals surface area contributed by atoms with Crippen LogP contribution >= 0.6 is 15.9 Å². The number of hydrogen-bond donors (Lipinski definition) is 3. The lowest BCUT2D eigenvalue weighted by Gasteiger charge is -2.13. The van der Waals surface area contributed by atoms with Gasteiger partial charge in [-0.05, 0) is 48.0 Å². The van der Waals surface area contributed by atoms with Gasteiger partial charge in [0.1, 0.15) is 6.61 Å². The third kappa shape index (κ3) is 6.32. The van der Waals surface area contributed by atoms with E-state index in [0.29, 0.717) is 22.7 Å². The molecular weight excluding hydrogens is 478 g/mol. The van der Waals surface area contributed by atoms with Crippen molar-refractivity contribution in [3.63, 3.8) is 0 Å². The van der Waals surface area contributed by atoms with Crippen LogP contribution in [0, 0.1) is 0 Å². The van der Waals surface area contributed by atoms with Gasteiger partial charge >= 0.3 is 12.0 Å². The summed E-state index contributed by atoms with van der Waals surface area (Å²) < 4.78 is 12.1. The van der Waals surface area contributed by atoms with Crippen LogP contribution in [0.15, 0.2) is 76.3 Å². The molecule has 0 bridgehead atoms. The van der Waals surface area contributed by atoms with E-state index < -0.39 is 12.0 Å². The molecule has 0 radical (unpaired) electrons. The maximum absolute atomic E-state index is 12.1. The van der Waals surface area contributed by atoms with E-state index in [2.05, 4.69) is 31.8 Å². The Balaban J connectivity index is 1.67. The van der Waals surface area contributed by atoms with Crippen LogP contribution in [0.2, 0.25) is 0 Å². The number of halogens is 1. The number of carbonyl (C=O) groups is 2. The number of carbonyl (C=O) groups excluding carboxylic acids is 1. The highest BCUT2D eigenvalue weighted by atomic mass is 79.9. The SMILES string of the molecule is COc1cccc(/C=N/NC(=O)Nc2cccc(Br)c2)c1OCc1ccc(C(=O)O)cc1. The van der Waals surface area contributed by atoms with Gasteiger partial charge in [0.15, 0.2) is 11.5 Å². The molecule has 0 heterocycles. The number of para-hydroxylation sites is 1. The van der Waals surface area contributed by atoms with Gasteiger partial charge in [0.05, 0.1) is 18.9 Å². The molecule has 3 rings (SSSR count). The molecule has 3 N–H and O–H groups in total. The third-order valence-corrected chi connectivity index (χ3v) is 4.76. The highest BCUT2D eigenvalue weighted by Gasteiger charge is 2.10. The van der Waals surface area contributed by atoms with Crippen molar-refractivity contribution in [3.8, 4) is 11.5 Å². The Hall–Kier alpha value is -3.85. The summed E-state index contributed by atoms with van der Waals surface area (Å²) in [5, 5.41) is 15.7. The molecule has 2 amide bonds. The van der Waals surface area contributed by atoms with Crippen LogP contribution in [0.4, 0.5) is 10.5 Å². The molecule has 8 nitrogen and oxygen atoms in total. The Kier molecular flexibility index (Phi) is 7.82. The summed E-state index contributed by atoms with van der Waals surface area (Å²) in [6.45, 7) is 0.192. The Bertz CT molecular complexity index is 1130. The van der Waals surface area contributed by atoms with Gasteiger partial charge in [0, 0.05) is 15.7 Å². The molecule has 0 aliphatic heterocycles. The predicted octanol–water partition coefficient (Wildman–Crippen LogP) is 4.89. The lowest BCUT2D eigenvalue weighted by atomic mass is 10.1. The van der Waals surface area contributed by atoms with Gasteiger partial charge in [-0.1, -0.05) is 40.2 Å². The summed E-state index contributed by atoms with van der Waals surface area (Å²) in [4.78, 5) is 23.0. The minimum atomic E-state index is -0.989. The van der Waals surface area contributed by atoms with Gasteiger partial charge < -0.3 is 19.9 Å². The number of hydrogen-bond acceptors (Lipinski definition) is 5. The van der Waals surface area contributed by atoms with Gasteiger partial charge in [-0.2, -0.15) is 5.10 Å². The molecule has 0 aliphatic rings. The Morgan fingerprint density at radius 1 is 1.09 bits per heavy atom. The van der Waals surface area contributed by atoms with Crippen molar-refractivity contribution in [3.05, 3.63) is 87.9 Å². The lowest BCUT2D eigenvalue weighted by Crippen LogP contribution is -2.24. The number of nitrogens with zero attached hydrogens (tertiary/aromatic N) is 1. The first-order chi connectivity index (χ1) is 15.5. The van der Waals surface area contributed by atoms with Gasteiger partial charge in [0.2, 0.25) is 0 Å². The summed E-state index contributed by atoms with van der Waals surface area (Å²) in [6.07, 6.45) is 1.45. The molecule has 0 aliphatic carbocycles. The largest absolute Gasteiger partial charge is 0.493 e. The van der Waals surface area contributed by atoms with Crippen LogP contribution in [0.3, 0.4) is 0 Å². The van der Waals surface area contributed by atoms with Gasteiger partial charge in [0.25, 0.3) is 0 Å². The monoisotopic (exact) mass is 497 g/mol. The van der Waals surface area contributed by atoms with E-state index in [-0.39, 0.29) is 12.2 Å². The molecule has 0 saturated heterocycles. The molecular formula is C23H20BrN3O5. The minimum absolute atomic E-state index is 0.192. The van der Waals surface area contributed by atoms with Crippen LogP contribution in [0.5, 0.6) is 11.5 Å². The maximum atomic E-state index is 12.1. The average molecular weight is 498 g/mol. The van der Waals surface area contributed by atoms with Crippen LogP contribution < -0.4 is 20.2 Å². The number of ether oxygens (including phenoxy) is 2. The minimum Gasteiger partial charge on any atom is -0.493 e. The van der Waals surface area contributed by atoms with Crippen molar-refractivity contribution in [1.29, 1.82) is 0 Å². The van der Waals surface area contributed by atoms with Crippen molar-refractivity contribution in [2.45, 2.75) is 6.61 Å². The molecule has 3 aromatic carbocycles. The molecule has 164 valence electrons. The van der Waals surface area contributed by atoms with Crippen LogP contribution in [0.1, 0.15) is 21.5 Å². The topological polar surface area (TPSA) is 109 Å². The van der Waals surface area contributed by atoms with Crippen LogP contribution in [0.25, 0.3) is 0 Å². The number of carboxylic acids is 1. The van der Waals surface area contributed by atoms with E-state index in [4.69, 9.17) is 14.6 Å². The van der Waals surface area contributed by atoms with Gasteiger partial charge in [-0.25, -0.2) is 15.0 Å². The molecule has 3 aromatic rings. The first-order valence-corrected chi connectivity index (χ1v) is 10.2. The molecule has 0 aromatic heterocycles. The molecule has 0 fully saturated rings. The van der Waals surface area contributed by atoms with Crippen LogP contribution in [-0.2, 0) is 6.61 Å². The number of hydrazone groups is 1. The Morgan fingerprint density at radius 2 is 1.84 bits per heavy atom. The Labute approximate surface area is 193 Å². The zero-order chi connectivity index (χ0) is 22.9. The van der Waals surface area contributed by atoms with Gasteiger partial charge in [-0.3, -0.25) is 0 Å². The number of urea groups is 1. The van der Waals surface area contributed by atoms with E-state index >= 15 is 0 Å². The summed E-state index contributed by atoms with van der Waals surface area (Å²) in [7, 11) is 1.52. The van der Waals surface area contributed by atoms with Crippen molar-refractivity contribution in [2.24, 2.45) is 5.10 Å². The molecule has 0 unspecified atom stereocenters. The van der Waals surface area contributed by atoms with Crippen molar-refractivity contribution >= 4 is 39.8 Å². The van der Waals surface area contributed by atoms with E-state index in [9.17, 15) is 9.59 Å². The number of methoxy groups -OCH3 is 1. The quantitative estimate of drug-likeness (QED) is 0.303. The number of anilines is 1. The summed E-state index contributed by atoms with van der Waals surface area (Å²) in [5.41, 5.74) is 4.60. The number of carboxylic acid groups (broad SMARTS) is 1. The molecule has 0 saturated carbocycles. The second-order valence-electron chi connectivity index (χ2n) is 6.50. The van der Waals surface area contributed by atoms with E-state index in [1.165, 1.54) is 25.5 Å². The van der Waals surface area contributed by atoms with Gasteiger partial charge in [-0.15, -0.1) is 0 Å². The van der Waals surface area contributed by atoms with Crippen molar-refractivity contribution in [1.82, 2.24) is 5.43 Å². The summed E-state index contributed by atoms with van der Waals surface area (Å²) in [5.74, 6) is -0.0536. The fraction of sp³-hybridized carbons (Fsp3) is 0.0870. The summed E-state index contributed by atoms with van der Waals surface area (Å²) >= 11 is 3.34. The number of aromatic carboxylic acids is 1. The van der Waals surface area contributed by atoms with Crippen LogP contribution in [-0.4, -0.2) is 30.4 Å². The normalized spacial score (nSPS) is 10.6. The first kappa shape index (κ1) is 22.8. The third-order valence-electron chi connectivity index (χ3n) is 4.27. The first-order valence-electron chi connectivity index (χ1n) is 9.44. The maximum Gasteiger partial charge on any atom is 0.339 e. The molecule has 32 heavy (non-hydrogen) atoms. The molecule has 9 heteroatoms. The van der Waals surface area contributed by atoms with Crippen molar-refractivity contribution in [2.75, 3.05) is 12.4 Å². The Morgan fingerprint density at radius 3 is 2.53 bits per heavy atom. The van der Waals surface area contributed by atoms with Crippen molar-refractivity contribution < 1.29 is 24.2 Å². The number of amides is 2. The fourth-order valence-corrected chi connectivity index (χ4v) is 3.13. The van der Waals surface area contributed by atoms with E-state index in [0.717, 1.165) is 10.0 Å². The lowest BCUT2D eigenvalue weighted by molar-refractivity contribution is 0.0697. The highest BCUT2D eigenvalue weighted by molar-refractivity contribution is 9.10. The van der Waals surface area contributed by atoms with E-state index in [1.807, 2.05) is 6.07 Å². The fourth-order valence-electron chi connectivity index (χ4n) is 2.73. The molecule has 0 atom stereocenters. The smallest absolute Gasteiger partial charge is 0.339 e. The predicted molar refractivity (Wildman–Crippen MR) is 125 cm³/mol.